The van der Waals surface area contributed by atoms with Gasteiger partial charge in [0.15, 0.2) is 11.5 Å². The number of nitrogens with one attached hydrogen (secondary N) is 1. The number of aryl methyl sites for hydroxylation is 2. The Bertz CT molecular complexity index is 630. The molecule has 0 saturated heterocycles. The minimum Gasteiger partial charge on any atom is -0.493 e. The van der Waals surface area contributed by atoms with E-state index in [9.17, 15) is 4.79 Å². The Morgan fingerprint density at radius 3 is 2.52 bits per heavy atom. The van der Waals surface area contributed by atoms with Gasteiger partial charge in [-0.25, -0.2) is 0 Å². The first-order chi connectivity index (χ1) is 10.0. The molecule has 0 bridgehead atoms. The first-order valence-electron chi connectivity index (χ1n) is 6.55. The molecule has 0 unspecified atom stereocenters. The molecule has 0 aliphatic heterocycles. The minimum atomic E-state index is -0.200. The Balaban J connectivity index is 2.04. The third kappa shape index (κ3) is 3.34. The summed E-state index contributed by atoms with van der Waals surface area (Å²) in [5.41, 5.74) is 2.27. The van der Waals surface area contributed by atoms with E-state index in [1.54, 1.807) is 32.0 Å². The lowest BCUT2D eigenvalue weighted by molar-refractivity contribution is 0.0945. The van der Waals surface area contributed by atoms with Crippen LogP contribution in [0, 0.1) is 6.92 Å². The van der Waals surface area contributed by atoms with Crippen LogP contribution in [-0.2, 0) is 13.6 Å². The van der Waals surface area contributed by atoms with Crippen LogP contribution in [0.4, 0.5) is 0 Å². The van der Waals surface area contributed by atoms with Crippen LogP contribution in [0.5, 0.6) is 11.5 Å². The molecule has 2 rings (SSSR count). The van der Waals surface area contributed by atoms with Gasteiger partial charge in [-0.3, -0.25) is 9.48 Å². The summed E-state index contributed by atoms with van der Waals surface area (Å²) in [5.74, 6) is 1.10. The molecule has 0 aliphatic rings. The van der Waals surface area contributed by atoms with Crippen LogP contribution in [0.15, 0.2) is 24.3 Å². The molecule has 0 saturated carbocycles. The molecule has 0 spiro atoms. The number of hydrogen-bond donors (Lipinski definition) is 1. The molecule has 0 radical (unpaired) electrons. The van der Waals surface area contributed by atoms with Gasteiger partial charge in [0.2, 0.25) is 0 Å². The van der Waals surface area contributed by atoms with E-state index >= 15 is 0 Å². The third-order valence-electron chi connectivity index (χ3n) is 3.25. The predicted octanol–water partition coefficient (Wildman–Crippen LogP) is 1.68. The van der Waals surface area contributed by atoms with E-state index in [2.05, 4.69) is 10.4 Å². The number of aromatic nitrogens is 2. The molecule has 6 heteroatoms. The fourth-order valence-electron chi connectivity index (χ4n) is 1.94. The third-order valence-corrected chi connectivity index (χ3v) is 3.25. The van der Waals surface area contributed by atoms with Crippen LogP contribution in [0.1, 0.15) is 21.7 Å². The van der Waals surface area contributed by atoms with Crippen molar-refractivity contribution in [1.29, 1.82) is 0 Å². The second kappa shape index (κ2) is 6.30. The Morgan fingerprint density at radius 1 is 1.24 bits per heavy atom. The van der Waals surface area contributed by atoms with E-state index in [0.717, 1.165) is 11.3 Å². The lowest BCUT2D eigenvalue weighted by atomic mass is 10.2. The summed E-state index contributed by atoms with van der Waals surface area (Å²) in [4.78, 5) is 12.0. The van der Waals surface area contributed by atoms with Crippen molar-refractivity contribution in [2.45, 2.75) is 13.5 Å². The summed E-state index contributed by atoms with van der Waals surface area (Å²) < 4.78 is 12.1. The van der Waals surface area contributed by atoms with Gasteiger partial charge in [-0.2, -0.15) is 5.10 Å². The lowest BCUT2D eigenvalue weighted by Gasteiger charge is -2.10. The van der Waals surface area contributed by atoms with Gasteiger partial charge in [0.25, 0.3) is 5.91 Å². The summed E-state index contributed by atoms with van der Waals surface area (Å²) in [6, 6.07) is 7.28. The summed E-state index contributed by atoms with van der Waals surface area (Å²) >= 11 is 0. The molecule has 1 amide bonds. The maximum atomic E-state index is 12.0. The number of nitrogens with zero attached hydrogens (tertiary/aromatic N) is 2. The summed E-state index contributed by atoms with van der Waals surface area (Å²) in [6.45, 7) is 2.30. The van der Waals surface area contributed by atoms with Crippen molar-refractivity contribution in [3.63, 3.8) is 0 Å². The Hall–Kier alpha value is -2.50. The van der Waals surface area contributed by atoms with Crippen LogP contribution >= 0.6 is 0 Å². The zero-order chi connectivity index (χ0) is 15.4. The number of benzene rings is 1. The number of ether oxygens (including phenoxy) is 2. The molecule has 2 aromatic rings. The van der Waals surface area contributed by atoms with Crippen molar-refractivity contribution >= 4 is 5.91 Å². The van der Waals surface area contributed by atoms with E-state index in [1.165, 1.54) is 0 Å². The van der Waals surface area contributed by atoms with Gasteiger partial charge in [-0.05, 0) is 30.7 Å². The Kier molecular flexibility index (Phi) is 4.47. The van der Waals surface area contributed by atoms with Gasteiger partial charge in [0, 0.05) is 19.3 Å². The molecule has 1 aromatic heterocycles. The predicted molar refractivity (Wildman–Crippen MR) is 78.7 cm³/mol. The maximum absolute atomic E-state index is 12.0. The number of carbonyl (C=O) groups is 1. The first kappa shape index (κ1) is 14.9. The molecule has 1 heterocycles. The van der Waals surface area contributed by atoms with Crippen LogP contribution in [0.2, 0.25) is 0 Å². The van der Waals surface area contributed by atoms with Gasteiger partial charge >= 0.3 is 0 Å². The van der Waals surface area contributed by atoms with E-state index in [1.807, 2.05) is 25.1 Å². The molecular weight excluding hydrogens is 270 g/mol. The van der Waals surface area contributed by atoms with E-state index in [0.29, 0.717) is 23.7 Å². The zero-order valence-corrected chi connectivity index (χ0v) is 12.6. The van der Waals surface area contributed by atoms with Crippen molar-refractivity contribution < 1.29 is 14.3 Å². The van der Waals surface area contributed by atoms with Gasteiger partial charge < -0.3 is 14.8 Å². The molecule has 1 aromatic carbocycles. The minimum absolute atomic E-state index is 0.200. The van der Waals surface area contributed by atoms with Crippen molar-refractivity contribution in [2.75, 3.05) is 14.2 Å². The highest BCUT2D eigenvalue weighted by molar-refractivity contribution is 5.92. The van der Waals surface area contributed by atoms with Crippen molar-refractivity contribution in [1.82, 2.24) is 15.1 Å². The monoisotopic (exact) mass is 289 g/mol. The van der Waals surface area contributed by atoms with Crippen LogP contribution in [0.3, 0.4) is 0 Å². The zero-order valence-electron chi connectivity index (χ0n) is 12.6. The van der Waals surface area contributed by atoms with Gasteiger partial charge in [0.05, 0.1) is 14.2 Å². The van der Waals surface area contributed by atoms with E-state index in [-0.39, 0.29) is 5.91 Å². The highest BCUT2D eigenvalue weighted by atomic mass is 16.5. The largest absolute Gasteiger partial charge is 0.493 e. The van der Waals surface area contributed by atoms with E-state index < -0.39 is 0 Å². The fraction of sp³-hybridized carbons (Fsp3) is 0.333. The fourth-order valence-corrected chi connectivity index (χ4v) is 1.94. The second-order valence-electron chi connectivity index (χ2n) is 4.67. The topological polar surface area (TPSA) is 65.4 Å². The highest BCUT2D eigenvalue weighted by Gasteiger charge is 2.11. The van der Waals surface area contributed by atoms with E-state index in [4.69, 9.17) is 9.47 Å². The smallest absolute Gasteiger partial charge is 0.272 e. The Morgan fingerprint density at radius 2 is 1.95 bits per heavy atom. The van der Waals surface area contributed by atoms with Crippen LogP contribution in [-0.4, -0.2) is 29.9 Å². The second-order valence-corrected chi connectivity index (χ2v) is 4.67. The molecule has 1 N–H and O–H groups in total. The SMILES string of the molecule is COc1ccc(CNC(=O)c2cc(C)n(C)n2)cc1OC. The van der Waals surface area contributed by atoms with Gasteiger partial charge in [0.1, 0.15) is 5.69 Å². The Labute approximate surface area is 123 Å². The normalized spacial score (nSPS) is 10.3. The summed E-state index contributed by atoms with van der Waals surface area (Å²) in [7, 11) is 4.97. The number of hydrogen-bond acceptors (Lipinski definition) is 4. The van der Waals surface area contributed by atoms with Crippen molar-refractivity contribution in [2.24, 2.45) is 7.05 Å². The highest BCUT2D eigenvalue weighted by Crippen LogP contribution is 2.27. The molecule has 112 valence electrons. The summed E-state index contributed by atoms with van der Waals surface area (Å²) in [5, 5.41) is 6.98. The maximum Gasteiger partial charge on any atom is 0.272 e. The number of amides is 1. The molecule has 0 aliphatic carbocycles. The average molecular weight is 289 g/mol. The van der Waals surface area contributed by atoms with Crippen molar-refractivity contribution in [3.8, 4) is 11.5 Å². The van der Waals surface area contributed by atoms with Crippen LogP contribution in [0.25, 0.3) is 0 Å². The average Bonchev–Trinajstić information content (AvgIpc) is 2.84. The standard InChI is InChI=1S/C15H19N3O3/c1-10-7-12(17-18(10)2)15(19)16-9-11-5-6-13(20-3)14(8-11)21-4/h5-8H,9H2,1-4H3,(H,16,19). The van der Waals surface area contributed by atoms with Gasteiger partial charge in [-0.15, -0.1) is 0 Å². The molecule has 0 fully saturated rings. The quantitative estimate of drug-likeness (QED) is 0.909. The number of rotatable bonds is 5. The molecule has 6 nitrogen and oxygen atoms in total. The van der Waals surface area contributed by atoms with Crippen molar-refractivity contribution in [3.05, 3.63) is 41.2 Å². The number of carbonyl (C=O) groups excluding carboxylic acids is 1. The molecular formula is C15H19N3O3. The molecule has 21 heavy (non-hydrogen) atoms. The number of methoxy groups -OCH3 is 2. The van der Waals surface area contributed by atoms with Gasteiger partial charge in [-0.1, -0.05) is 6.07 Å². The van der Waals surface area contributed by atoms with Crippen LogP contribution < -0.4 is 14.8 Å². The molecule has 0 atom stereocenters. The lowest BCUT2D eigenvalue weighted by Crippen LogP contribution is -2.23. The summed E-state index contributed by atoms with van der Waals surface area (Å²) in [6.07, 6.45) is 0. The first-order valence-corrected chi connectivity index (χ1v) is 6.55.